The molecule has 0 spiro atoms. The number of nitrogens with zero attached hydrogens (tertiary/aromatic N) is 1. The first-order chi connectivity index (χ1) is 13.3. The Morgan fingerprint density at radius 3 is 2.29 bits per heavy atom. The van der Waals surface area contributed by atoms with Gasteiger partial charge >= 0.3 is 0 Å². The van der Waals surface area contributed by atoms with Crippen molar-refractivity contribution >= 4 is 35.4 Å². The molecule has 0 aromatic heterocycles. The number of nitrogens with one attached hydrogen (secondary N) is 2. The average molecular weight is 409 g/mol. The number of guanidine groups is 1. The lowest BCUT2D eigenvalue weighted by molar-refractivity contribution is -0.128. The maximum absolute atomic E-state index is 12.7. The zero-order chi connectivity index (χ0) is 20.9. The third-order valence-corrected chi connectivity index (χ3v) is 4.52. The molecule has 1 aromatic rings. The third-order valence-electron chi connectivity index (χ3n) is 3.87. The molecule has 2 atom stereocenters. The molecule has 0 bridgehead atoms. The van der Waals surface area contributed by atoms with Gasteiger partial charge < -0.3 is 27.8 Å². The first-order valence-electron chi connectivity index (χ1n) is 8.85. The first kappa shape index (κ1) is 23.3. The van der Waals surface area contributed by atoms with E-state index >= 15 is 0 Å². The van der Waals surface area contributed by atoms with E-state index in [1.54, 1.807) is 42.1 Å². The summed E-state index contributed by atoms with van der Waals surface area (Å²) in [6, 6.07) is 6.90. The van der Waals surface area contributed by atoms with E-state index in [-0.39, 0.29) is 11.9 Å². The van der Waals surface area contributed by atoms with Gasteiger partial charge in [0.2, 0.25) is 11.8 Å². The number of rotatable bonds is 12. The minimum atomic E-state index is -0.849. The van der Waals surface area contributed by atoms with Gasteiger partial charge in [-0.3, -0.25) is 19.4 Å². The number of hydrogen-bond donors (Lipinski definition) is 5. The summed E-state index contributed by atoms with van der Waals surface area (Å²) in [5.41, 5.74) is 16.4. The number of carbonyl (C=O) groups excluding carboxylic acids is 3. The lowest BCUT2D eigenvalue weighted by atomic mass is 10.1. The van der Waals surface area contributed by atoms with E-state index < -0.39 is 23.9 Å². The Morgan fingerprint density at radius 1 is 1.04 bits per heavy atom. The quantitative estimate of drug-likeness (QED) is 0.179. The van der Waals surface area contributed by atoms with Crippen molar-refractivity contribution in [3.63, 3.8) is 0 Å². The SMILES string of the molecule is CSCC[C@H](NC(=O)[C@H](CCCN=C(N)N)NC(=O)c1ccccc1)C(N)=O. The number of thioether (sulfide) groups is 1. The molecule has 0 aliphatic heterocycles. The number of carbonyl (C=O) groups is 3. The van der Waals surface area contributed by atoms with E-state index in [9.17, 15) is 14.4 Å². The monoisotopic (exact) mass is 408 g/mol. The van der Waals surface area contributed by atoms with Crippen molar-refractivity contribution < 1.29 is 14.4 Å². The lowest BCUT2D eigenvalue weighted by Crippen LogP contribution is -2.53. The molecule has 0 fully saturated rings. The second-order valence-electron chi connectivity index (χ2n) is 6.09. The van der Waals surface area contributed by atoms with Gasteiger partial charge in [-0.2, -0.15) is 11.8 Å². The fourth-order valence-corrected chi connectivity index (χ4v) is 2.87. The molecule has 28 heavy (non-hydrogen) atoms. The summed E-state index contributed by atoms with van der Waals surface area (Å²) in [5, 5.41) is 5.33. The van der Waals surface area contributed by atoms with Gasteiger partial charge in [-0.15, -0.1) is 0 Å². The van der Waals surface area contributed by atoms with Gasteiger partial charge in [0.15, 0.2) is 5.96 Å². The van der Waals surface area contributed by atoms with Crippen LogP contribution in [0.25, 0.3) is 0 Å². The normalized spacial score (nSPS) is 12.5. The second-order valence-corrected chi connectivity index (χ2v) is 7.07. The van der Waals surface area contributed by atoms with Crippen molar-refractivity contribution in [2.75, 3.05) is 18.6 Å². The molecular formula is C18H28N6O3S. The van der Waals surface area contributed by atoms with Crippen LogP contribution < -0.4 is 27.8 Å². The Hall–Kier alpha value is -2.75. The largest absolute Gasteiger partial charge is 0.370 e. The Balaban J connectivity index is 2.82. The van der Waals surface area contributed by atoms with Gasteiger partial charge in [0.25, 0.3) is 5.91 Å². The smallest absolute Gasteiger partial charge is 0.251 e. The Morgan fingerprint density at radius 2 is 1.71 bits per heavy atom. The molecule has 0 unspecified atom stereocenters. The Labute approximate surface area is 168 Å². The van der Waals surface area contributed by atoms with Crippen LogP contribution in [-0.4, -0.2) is 54.3 Å². The highest BCUT2D eigenvalue weighted by Gasteiger charge is 2.25. The molecule has 154 valence electrons. The van der Waals surface area contributed by atoms with Crippen LogP contribution in [0, 0.1) is 0 Å². The number of nitrogens with two attached hydrogens (primary N) is 3. The summed E-state index contributed by atoms with van der Waals surface area (Å²) in [4.78, 5) is 40.6. The third kappa shape index (κ3) is 8.76. The highest BCUT2D eigenvalue weighted by Crippen LogP contribution is 2.06. The van der Waals surface area contributed by atoms with Gasteiger partial charge in [0.05, 0.1) is 0 Å². The van der Waals surface area contributed by atoms with Crippen LogP contribution in [0.2, 0.25) is 0 Å². The molecule has 0 aliphatic rings. The number of amides is 3. The average Bonchev–Trinajstić information content (AvgIpc) is 2.67. The molecule has 0 aliphatic carbocycles. The molecule has 0 radical (unpaired) electrons. The predicted molar refractivity (Wildman–Crippen MR) is 112 cm³/mol. The maximum atomic E-state index is 12.7. The number of benzene rings is 1. The predicted octanol–water partition coefficient (Wildman–Crippen LogP) is -0.438. The first-order valence-corrected chi connectivity index (χ1v) is 10.2. The summed E-state index contributed by atoms with van der Waals surface area (Å²) in [6.07, 6.45) is 3.08. The zero-order valence-corrected chi connectivity index (χ0v) is 16.7. The zero-order valence-electron chi connectivity index (χ0n) is 15.9. The summed E-state index contributed by atoms with van der Waals surface area (Å²) < 4.78 is 0. The second kappa shape index (κ2) is 12.6. The van der Waals surface area contributed by atoms with E-state index in [4.69, 9.17) is 17.2 Å². The Kier molecular flexibility index (Phi) is 10.5. The van der Waals surface area contributed by atoms with Crippen LogP contribution in [-0.2, 0) is 9.59 Å². The highest BCUT2D eigenvalue weighted by atomic mass is 32.2. The molecule has 0 saturated carbocycles. The summed E-state index contributed by atoms with van der Waals surface area (Å²) in [7, 11) is 0. The molecule has 1 rings (SSSR count). The van der Waals surface area contributed by atoms with Gasteiger partial charge in [0.1, 0.15) is 12.1 Å². The van der Waals surface area contributed by atoms with Crippen LogP contribution in [0.15, 0.2) is 35.3 Å². The maximum Gasteiger partial charge on any atom is 0.251 e. The highest BCUT2D eigenvalue weighted by molar-refractivity contribution is 7.98. The van der Waals surface area contributed by atoms with Crippen LogP contribution in [0.3, 0.4) is 0 Å². The van der Waals surface area contributed by atoms with Crippen LogP contribution in [0.4, 0.5) is 0 Å². The van der Waals surface area contributed by atoms with E-state index in [1.807, 2.05) is 6.26 Å². The van der Waals surface area contributed by atoms with Crippen LogP contribution in [0.1, 0.15) is 29.6 Å². The standard InChI is InChI=1S/C18H28N6O3S/c1-28-11-9-13(15(19)25)23-17(27)14(8-5-10-22-18(20)21)24-16(26)12-6-3-2-4-7-12/h2-4,6-7,13-14H,5,8-11H2,1H3,(H2,19,25)(H,23,27)(H,24,26)(H4,20,21,22)/t13-,14-/m0/s1. The molecule has 0 heterocycles. The van der Waals surface area contributed by atoms with Gasteiger partial charge in [0, 0.05) is 12.1 Å². The fraction of sp³-hybridized carbons (Fsp3) is 0.444. The molecule has 9 nitrogen and oxygen atoms in total. The van der Waals surface area contributed by atoms with Crippen molar-refractivity contribution in [1.82, 2.24) is 10.6 Å². The summed E-state index contributed by atoms with van der Waals surface area (Å²) in [5.74, 6) is -0.850. The number of primary amides is 1. The van der Waals surface area contributed by atoms with Gasteiger partial charge in [-0.25, -0.2) is 0 Å². The molecule has 8 N–H and O–H groups in total. The fourth-order valence-electron chi connectivity index (χ4n) is 2.40. The molecule has 1 aromatic carbocycles. The minimum Gasteiger partial charge on any atom is -0.370 e. The Bertz CT molecular complexity index is 679. The molecule has 10 heteroatoms. The van der Waals surface area contributed by atoms with Gasteiger partial charge in [-0.1, -0.05) is 18.2 Å². The van der Waals surface area contributed by atoms with Crippen LogP contribution in [0.5, 0.6) is 0 Å². The van der Waals surface area contributed by atoms with Crippen molar-refractivity contribution in [3.8, 4) is 0 Å². The van der Waals surface area contributed by atoms with Crippen molar-refractivity contribution in [2.45, 2.75) is 31.3 Å². The minimum absolute atomic E-state index is 0.0415. The lowest BCUT2D eigenvalue weighted by Gasteiger charge is -2.22. The molecular weight excluding hydrogens is 380 g/mol. The molecule has 0 saturated heterocycles. The number of aliphatic imine (C=N–C) groups is 1. The molecule has 3 amide bonds. The van der Waals surface area contributed by atoms with E-state index in [2.05, 4.69) is 15.6 Å². The number of hydrogen-bond acceptors (Lipinski definition) is 5. The van der Waals surface area contributed by atoms with Crippen molar-refractivity contribution in [1.29, 1.82) is 0 Å². The van der Waals surface area contributed by atoms with E-state index in [1.165, 1.54) is 0 Å². The van der Waals surface area contributed by atoms with Gasteiger partial charge in [-0.05, 0) is 43.4 Å². The summed E-state index contributed by atoms with van der Waals surface area (Å²) >= 11 is 1.54. The van der Waals surface area contributed by atoms with Crippen LogP contribution >= 0.6 is 11.8 Å². The van der Waals surface area contributed by atoms with E-state index in [0.717, 1.165) is 0 Å². The van der Waals surface area contributed by atoms with Crippen molar-refractivity contribution in [3.05, 3.63) is 35.9 Å². The van der Waals surface area contributed by atoms with E-state index in [0.29, 0.717) is 37.1 Å². The summed E-state index contributed by atoms with van der Waals surface area (Å²) in [6.45, 7) is 0.318. The topological polar surface area (TPSA) is 166 Å². The van der Waals surface area contributed by atoms with Crippen molar-refractivity contribution in [2.24, 2.45) is 22.2 Å².